The Morgan fingerprint density at radius 3 is 2.46 bits per heavy atom. The molecule has 3 aromatic rings. The van der Waals surface area contributed by atoms with Crippen LogP contribution in [-0.2, 0) is 6.42 Å². The molecule has 0 saturated carbocycles. The maximum atomic E-state index is 11.9. The van der Waals surface area contributed by atoms with E-state index in [2.05, 4.69) is 17.1 Å². The van der Waals surface area contributed by atoms with Gasteiger partial charge in [0.1, 0.15) is 5.75 Å². The van der Waals surface area contributed by atoms with Crippen LogP contribution >= 0.6 is 0 Å². The Hall–Kier alpha value is -2.94. The maximum Gasteiger partial charge on any atom is 0.219 e. The van der Waals surface area contributed by atoms with Crippen molar-refractivity contribution in [2.75, 3.05) is 0 Å². The minimum Gasteiger partial charge on any atom is -0.438 e. The number of ketones is 1. The second kappa shape index (κ2) is 6.28. The highest BCUT2D eigenvalue weighted by Crippen LogP contribution is 2.33. The number of carbonyl (C=O) groups is 1. The molecule has 4 rings (SSSR count). The lowest BCUT2D eigenvalue weighted by molar-refractivity contribution is 0.0971. The van der Waals surface area contributed by atoms with Crippen LogP contribution < -0.4 is 4.74 Å². The first kappa shape index (κ1) is 14.6. The zero-order valence-electron chi connectivity index (χ0n) is 13.2. The molecule has 0 unspecified atom stereocenters. The molecule has 24 heavy (non-hydrogen) atoms. The average molecular weight is 315 g/mol. The van der Waals surface area contributed by atoms with Gasteiger partial charge in [-0.2, -0.15) is 0 Å². The molecule has 1 heterocycles. The molecular weight excluding hydrogens is 298 g/mol. The first-order valence-corrected chi connectivity index (χ1v) is 8.17. The van der Waals surface area contributed by atoms with Crippen molar-refractivity contribution < 1.29 is 9.53 Å². The second-order valence-electron chi connectivity index (χ2n) is 5.88. The summed E-state index contributed by atoms with van der Waals surface area (Å²) in [5.41, 5.74) is 3.71. The number of benzene rings is 2. The highest BCUT2D eigenvalue weighted by molar-refractivity contribution is 5.98. The third-order valence-corrected chi connectivity index (χ3v) is 4.25. The fourth-order valence-electron chi connectivity index (χ4n) is 3.06. The van der Waals surface area contributed by atoms with E-state index in [1.165, 1.54) is 0 Å². The Balaban J connectivity index is 1.68. The van der Waals surface area contributed by atoms with Crippen LogP contribution in [0.2, 0.25) is 0 Å². The van der Waals surface area contributed by atoms with Crippen molar-refractivity contribution >= 4 is 5.78 Å². The monoisotopic (exact) mass is 315 g/mol. The molecule has 0 fully saturated rings. The van der Waals surface area contributed by atoms with Gasteiger partial charge >= 0.3 is 0 Å². The quantitative estimate of drug-likeness (QED) is 0.678. The lowest BCUT2D eigenvalue weighted by Gasteiger charge is -2.15. The Kier molecular flexibility index (Phi) is 3.83. The van der Waals surface area contributed by atoms with E-state index in [0.717, 1.165) is 41.0 Å². The minimum absolute atomic E-state index is 0.181. The van der Waals surface area contributed by atoms with Crippen molar-refractivity contribution in [3.8, 4) is 22.8 Å². The molecule has 0 N–H and O–H groups in total. The molecule has 118 valence electrons. The lowest BCUT2D eigenvalue weighted by Crippen LogP contribution is -2.12. The topological polar surface area (TPSA) is 39.2 Å². The van der Waals surface area contributed by atoms with E-state index in [1.54, 1.807) is 6.07 Å². The average Bonchev–Trinajstić information content (AvgIpc) is 2.63. The van der Waals surface area contributed by atoms with Gasteiger partial charge < -0.3 is 4.74 Å². The Morgan fingerprint density at radius 1 is 0.792 bits per heavy atom. The predicted molar refractivity (Wildman–Crippen MR) is 93.5 cm³/mol. The smallest absolute Gasteiger partial charge is 0.219 e. The van der Waals surface area contributed by atoms with Crippen molar-refractivity contribution in [2.24, 2.45) is 0 Å². The normalized spacial score (nSPS) is 13.4. The molecule has 0 atom stereocenters. The molecule has 1 aromatic heterocycles. The molecule has 0 bridgehead atoms. The van der Waals surface area contributed by atoms with Crippen molar-refractivity contribution in [3.05, 3.63) is 78.0 Å². The SMILES string of the molecule is O=C1CCCc2nc(Oc3ccccc3-c3ccccc3)ccc21. The highest BCUT2D eigenvalue weighted by atomic mass is 16.5. The van der Waals surface area contributed by atoms with Crippen LogP contribution in [0.3, 0.4) is 0 Å². The lowest BCUT2D eigenvalue weighted by atomic mass is 9.95. The van der Waals surface area contributed by atoms with Crippen LogP contribution in [0.25, 0.3) is 11.1 Å². The number of rotatable bonds is 3. The predicted octanol–water partition coefficient (Wildman–Crippen LogP) is 5.06. The summed E-state index contributed by atoms with van der Waals surface area (Å²) in [5, 5.41) is 0. The van der Waals surface area contributed by atoms with Gasteiger partial charge in [0, 0.05) is 23.6 Å². The van der Waals surface area contributed by atoms with Crippen molar-refractivity contribution in [1.82, 2.24) is 4.98 Å². The molecule has 2 aromatic carbocycles. The van der Waals surface area contributed by atoms with E-state index < -0.39 is 0 Å². The van der Waals surface area contributed by atoms with Crippen LogP contribution in [0.15, 0.2) is 66.7 Å². The molecule has 3 nitrogen and oxygen atoms in total. The van der Waals surface area contributed by atoms with Gasteiger partial charge in [0.2, 0.25) is 5.88 Å². The van der Waals surface area contributed by atoms with Crippen LogP contribution in [0.1, 0.15) is 28.9 Å². The molecule has 0 amide bonds. The largest absolute Gasteiger partial charge is 0.438 e. The third-order valence-electron chi connectivity index (χ3n) is 4.25. The van der Waals surface area contributed by atoms with Gasteiger partial charge in [-0.25, -0.2) is 4.98 Å². The summed E-state index contributed by atoms with van der Waals surface area (Å²) in [5.74, 6) is 1.48. The highest BCUT2D eigenvalue weighted by Gasteiger charge is 2.19. The summed E-state index contributed by atoms with van der Waals surface area (Å²) >= 11 is 0. The van der Waals surface area contributed by atoms with Crippen LogP contribution in [0.5, 0.6) is 11.6 Å². The number of para-hydroxylation sites is 1. The summed E-state index contributed by atoms with van der Waals surface area (Å²) in [6, 6.07) is 21.7. The summed E-state index contributed by atoms with van der Waals surface area (Å²) in [7, 11) is 0. The molecule has 3 heteroatoms. The summed E-state index contributed by atoms with van der Waals surface area (Å²) < 4.78 is 6.04. The summed E-state index contributed by atoms with van der Waals surface area (Å²) in [6.07, 6.45) is 2.31. The number of carbonyl (C=O) groups excluding carboxylic acids is 1. The van der Waals surface area contributed by atoms with Crippen LogP contribution in [0.4, 0.5) is 0 Å². The van der Waals surface area contributed by atoms with Gasteiger partial charge in [-0.05, 0) is 30.5 Å². The van der Waals surface area contributed by atoms with Gasteiger partial charge in [0.25, 0.3) is 0 Å². The van der Waals surface area contributed by atoms with Gasteiger partial charge in [-0.3, -0.25) is 4.79 Å². The Bertz CT molecular complexity index is 887. The molecule has 0 saturated heterocycles. The van der Waals surface area contributed by atoms with Crippen molar-refractivity contribution in [1.29, 1.82) is 0 Å². The molecule has 0 aliphatic heterocycles. The fourth-order valence-corrected chi connectivity index (χ4v) is 3.06. The maximum absolute atomic E-state index is 11.9. The van der Waals surface area contributed by atoms with E-state index in [4.69, 9.17) is 4.74 Å². The Labute approximate surface area is 140 Å². The van der Waals surface area contributed by atoms with Crippen LogP contribution in [0, 0.1) is 0 Å². The van der Waals surface area contributed by atoms with Crippen molar-refractivity contribution in [3.63, 3.8) is 0 Å². The molecule has 1 aliphatic carbocycles. The number of hydrogen-bond donors (Lipinski definition) is 0. The van der Waals surface area contributed by atoms with Gasteiger partial charge in [0.05, 0.1) is 5.69 Å². The third kappa shape index (κ3) is 2.81. The molecular formula is C21H17NO2. The number of aromatic nitrogens is 1. The van der Waals surface area contributed by atoms with Crippen molar-refractivity contribution in [2.45, 2.75) is 19.3 Å². The van der Waals surface area contributed by atoms with E-state index in [9.17, 15) is 4.79 Å². The number of hydrogen-bond acceptors (Lipinski definition) is 3. The Morgan fingerprint density at radius 2 is 1.58 bits per heavy atom. The summed E-state index contributed by atoms with van der Waals surface area (Å²) in [6.45, 7) is 0. The van der Waals surface area contributed by atoms with E-state index in [1.807, 2.05) is 48.5 Å². The summed E-state index contributed by atoms with van der Waals surface area (Å²) in [4.78, 5) is 16.5. The number of nitrogens with zero attached hydrogens (tertiary/aromatic N) is 1. The molecule has 0 radical (unpaired) electrons. The first-order chi connectivity index (χ1) is 11.8. The van der Waals surface area contributed by atoms with Gasteiger partial charge in [0.15, 0.2) is 5.78 Å². The van der Waals surface area contributed by atoms with E-state index in [-0.39, 0.29) is 5.78 Å². The molecule has 0 spiro atoms. The zero-order chi connectivity index (χ0) is 16.4. The first-order valence-electron chi connectivity index (χ1n) is 8.17. The van der Waals surface area contributed by atoms with Crippen LogP contribution in [-0.4, -0.2) is 10.8 Å². The number of ether oxygens (including phenoxy) is 1. The number of pyridine rings is 1. The van der Waals surface area contributed by atoms with Gasteiger partial charge in [-0.1, -0.05) is 48.5 Å². The minimum atomic E-state index is 0.181. The van der Waals surface area contributed by atoms with E-state index in [0.29, 0.717) is 12.3 Å². The zero-order valence-corrected chi connectivity index (χ0v) is 13.2. The molecule has 1 aliphatic rings. The standard InChI is InChI=1S/C21H17NO2/c23-19-11-6-10-18-17(19)13-14-21(22-18)24-20-12-5-4-9-16(20)15-7-2-1-3-8-15/h1-5,7-9,12-14H,6,10-11H2. The van der Waals surface area contributed by atoms with E-state index >= 15 is 0 Å². The van der Waals surface area contributed by atoms with Gasteiger partial charge in [-0.15, -0.1) is 0 Å². The second-order valence-corrected chi connectivity index (χ2v) is 5.88. The number of fused-ring (bicyclic) bond motifs is 1. The number of aryl methyl sites for hydroxylation is 1. The fraction of sp³-hybridized carbons (Fsp3) is 0.143. The number of Topliss-reactive ketones (excluding diaryl/α,β-unsaturated/α-hetero) is 1.